The summed E-state index contributed by atoms with van der Waals surface area (Å²) in [5, 5.41) is 1.39. The van der Waals surface area contributed by atoms with E-state index in [0.29, 0.717) is 5.92 Å². The van der Waals surface area contributed by atoms with E-state index in [1.165, 1.54) is 27.7 Å². The largest absolute Gasteiger partial charge is 0.358 e. The van der Waals surface area contributed by atoms with E-state index in [4.69, 9.17) is 0 Å². The van der Waals surface area contributed by atoms with E-state index in [1.54, 1.807) is 0 Å². The first-order chi connectivity index (χ1) is 7.15. The van der Waals surface area contributed by atoms with Crippen molar-refractivity contribution in [3.05, 3.63) is 35.0 Å². The highest BCUT2D eigenvalue weighted by atomic mass is 14.7. The summed E-state index contributed by atoms with van der Waals surface area (Å²) >= 11 is 0. The zero-order chi connectivity index (χ0) is 11.0. The van der Waals surface area contributed by atoms with E-state index in [9.17, 15) is 0 Å². The Morgan fingerprint density at radius 3 is 2.60 bits per heavy atom. The van der Waals surface area contributed by atoms with E-state index in [-0.39, 0.29) is 0 Å². The first-order valence-corrected chi connectivity index (χ1v) is 5.75. The Morgan fingerprint density at radius 2 is 2.00 bits per heavy atom. The molecule has 1 heteroatoms. The van der Waals surface area contributed by atoms with Gasteiger partial charge in [-0.1, -0.05) is 39.0 Å². The fourth-order valence-electron chi connectivity index (χ4n) is 2.31. The topological polar surface area (TPSA) is 15.8 Å². The summed E-state index contributed by atoms with van der Waals surface area (Å²) in [7, 11) is 0. The Balaban J connectivity index is 2.75. The molecule has 0 unspecified atom stereocenters. The van der Waals surface area contributed by atoms with Crippen molar-refractivity contribution in [2.45, 2.75) is 40.0 Å². The molecule has 1 aromatic carbocycles. The van der Waals surface area contributed by atoms with Gasteiger partial charge in [0, 0.05) is 16.6 Å². The number of rotatable bonds is 2. The van der Waals surface area contributed by atoms with E-state index in [2.05, 4.69) is 50.9 Å². The summed E-state index contributed by atoms with van der Waals surface area (Å²) in [4.78, 5) is 3.58. The number of fused-ring (bicyclic) bond motifs is 1. The lowest BCUT2D eigenvalue weighted by molar-refractivity contribution is 0.827. The van der Waals surface area contributed by atoms with Gasteiger partial charge in [-0.2, -0.15) is 0 Å². The minimum Gasteiger partial charge on any atom is -0.358 e. The van der Waals surface area contributed by atoms with Crippen LogP contribution in [0.4, 0.5) is 0 Å². The zero-order valence-electron chi connectivity index (χ0n) is 10.0. The Hall–Kier alpha value is -1.24. The van der Waals surface area contributed by atoms with Crippen LogP contribution in [0, 0.1) is 6.92 Å². The quantitative estimate of drug-likeness (QED) is 0.751. The molecule has 0 saturated heterocycles. The summed E-state index contributed by atoms with van der Waals surface area (Å²) in [5.41, 5.74) is 5.55. The van der Waals surface area contributed by atoms with Crippen molar-refractivity contribution in [1.82, 2.24) is 4.98 Å². The molecule has 0 saturated carbocycles. The minimum atomic E-state index is 0.571. The molecular weight excluding hydrogens is 182 g/mol. The average Bonchev–Trinajstić information content (AvgIpc) is 2.56. The molecule has 15 heavy (non-hydrogen) atoms. The molecule has 1 nitrogen and oxygen atoms in total. The van der Waals surface area contributed by atoms with Crippen molar-refractivity contribution in [2.24, 2.45) is 0 Å². The molecule has 80 valence electrons. The van der Waals surface area contributed by atoms with Gasteiger partial charge >= 0.3 is 0 Å². The predicted octanol–water partition coefficient (Wildman–Crippen LogP) is 4.16. The fraction of sp³-hybridized carbons (Fsp3) is 0.429. The molecule has 1 aromatic heterocycles. The van der Waals surface area contributed by atoms with Crippen LogP contribution < -0.4 is 0 Å². The number of aryl methyl sites for hydroxylation is 2. The average molecular weight is 201 g/mol. The van der Waals surface area contributed by atoms with E-state index < -0.39 is 0 Å². The molecule has 0 bridgehead atoms. The van der Waals surface area contributed by atoms with Crippen molar-refractivity contribution in [3.8, 4) is 0 Å². The number of aromatic nitrogens is 1. The maximum absolute atomic E-state index is 3.58. The highest BCUT2D eigenvalue weighted by Gasteiger charge is 2.11. The summed E-state index contributed by atoms with van der Waals surface area (Å²) in [6.45, 7) is 8.90. The summed E-state index contributed by atoms with van der Waals surface area (Å²) in [5.74, 6) is 0.571. The summed E-state index contributed by atoms with van der Waals surface area (Å²) in [6, 6.07) is 6.58. The number of hydrogen-bond donors (Lipinski definition) is 1. The molecule has 2 aromatic rings. The monoisotopic (exact) mass is 201 g/mol. The number of H-pyrrole nitrogens is 1. The van der Waals surface area contributed by atoms with Crippen molar-refractivity contribution >= 4 is 10.9 Å². The van der Waals surface area contributed by atoms with Gasteiger partial charge in [-0.3, -0.25) is 0 Å². The molecule has 0 radical (unpaired) electrons. The minimum absolute atomic E-state index is 0.571. The van der Waals surface area contributed by atoms with Gasteiger partial charge in [0.15, 0.2) is 0 Å². The predicted molar refractivity (Wildman–Crippen MR) is 66.5 cm³/mol. The van der Waals surface area contributed by atoms with Gasteiger partial charge in [-0.25, -0.2) is 0 Å². The Kier molecular flexibility index (Phi) is 2.56. The number of aromatic amines is 1. The molecule has 1 N–H and O–H groups in total. The van der Waals surface area contributed by atoms with Gasteiger partial charge < -0.3 is 4.98 Å². The molecule has 0 amide bonds. The first-order valence-electron chi connectivity index (χ1n) is 5.75. The smallest absolute Gasteiger partial charge is 0.0491 e. The highest BCUT2D eigenvalue weighted by molar-refractivity contribution is 5.87. The lowest BCUT2D eigenvalue weighted by atomic mass is 10.0. The molecule has 0 spiro atoms. The van der Waals surface area contributed by atoms with Crippen LogP contribution in [0.2, 0.25) is 0 Å². The van der Waals surface area contributed by atoms with Gasteiger partial charge in [0.05, 0.1) is 0 Å². The number of nitrogens with one attached hydrogen (secondary N) is 1. The third-order valence-corrected chi connectivity index (χ3v) is 3.18. The maximum atomic E-state index is 3.58. The lowest BCUT2D eigenvalue weighted by Gasteiger charge is -2.02. The van der Waals surface area contributed by atoms with Crippen LogP contribution in [0.3, 0.4) is 0 Å². The van der Waals surface area contributed by atoms with Crippen LogP contribution >= 0.6 is 0 Å². The van der Waals surface area contributed by atoms with Gasteiger partial charge in [0.2, 0.25) is 0 Å². The summed E-state index contributed by atoms with van der Waals surface area (Å²) in [6.07, 6.45) is 1.09. The SMILES string of the molecule is CCc1cccc2c(C)c(C(C)C)[nH]c12. The molecule has 1 heterocycles. The van der Waals surface area contributed by atoms with Gasteiger partial charge in [-0.05, 0) is 30.4 Å². The second-order valence-corrected chi connectivity index (χ2v) is 4.51. The Morgan fingerprint density at radius 1 is 1.27 bits per heavy atom. The number of hydrogen-bond acceptors (Lipinski definition) is 0. The van der Waals surface area contributed by atoms with Gasteiger partial charge in [0.1, 0.15) is 0 Å². The van der Waals surface area contributed by atoms with Crippen LogP contribution in [0.15, 0.2) is 18.2 Å². The lowest BCUT2D eigenvalue weighted by Crippen LogP contribution is -1.89. The zero-order valence-corrected chi connectivity index (χ0v) is 10.0. The Bertz CT molecular complexity index is 477. The van der Waals surface area contributed by atoms with Crippen molar-refractivity contribution in [3.63, 3.8) is 0 Å². The first kappa shape index (κ1) is 10.3. The molecule has 0 aliphatic rings. The second-order valence-electron chi connectivity index (χ2n) is 4.51. The molecular formula is C14H19N. The standard InChI is InChI=1S/C14H19N/c1-5-11-7-6-8-12-10(4)13(9(2)3)15-14(11)12/h6-9,15H,5H2,1-4H3. The Labute approximate surface area is 91.5 Å². The maximum Gasteiger partial charge on any atom is 0.0491 e. The van der Waals surface area contributed by atoms with Gasteiger partial charge in [0.25, 0.3) is 0 Å². The normalized spacial score (nSPS) is 11.5. The fourth-order valence-corrected chi connectivity index (χ4v) is 2.31. The van der Waals surface area contributed by atoms with Crippen LogP contribution in [-0.4, -0.2) is 4.98 Å². The molecule has 0 atom stereocenters. The van der Waals surface area contributed by atoms with Crippen molar-refractivity contribution in [1.29, 1.82) is 0 Å². The molecule has 0 aliphatic heterocycles. The molecule has 2 rings (SSSR count). The number of benzene rings is 1. The van der Waals surface area contributed by atoms with Crippen LogP contribution in [0.25, 0.3) is 10.9 Å². The van der Waals surface area contributed by atoms with Gasteiger partial charge in [-0.15, -0.1) is 0 Å². The van der Waals surface area contributed by atoms with E-state index in [0.717, 1.165) is 6.42 Å². The van der Waals surface area contributed by atoms with Crippen molar-refractivity contribution in [2.75, 3.05) is 0 Å². The molecule has 0 aliphatic carbocycles. The number of para-hydroxylation sites is 1. The highest BCUT2D eigenvalue weighted by Crippen LogP contribution is 2.28. The van der Waals surface area contributed by atoms with Crippen LogP contribution in [0.1, 0.15) is 43.5 Å². The van der Waals surface area contributed by atoms with E-state index >= 15 is 0 Å². The van der Waals surface area contributed by atoms with Crippen LogP contribution in [0.5, 0.6) is 0 Å². The summed E-state index contributed by atoms with van der Waals surface area (Å²) < 4.78 is 0. The third kappa shape index (κ3) is 1.56. The van der Waals surface area contributed by atoms with Crippen LogP contribution in [-0.2, 0) is 6.42 Å². The third-order valence-electron chi connectivity index (χ3n) is 3.18. The second kappa shape index (κ2) is 3.73. The van der Waals surface area contributed by atoms with Crippen molar-refractivity contribution < 1.29 is 0 Å². The molecule has 0 fully saturated rings. The van der Waals surface area contributed by atoms with E-state index in [1.807, 2.05) is 0 Å².